The maximum absolute atomic E-state index is 12.4. The van der Waals surface area contributed by atoms with Crippen LogP contribution in [0.25, 0.3) is 11.3 Å². The second-order valence-corrected chi connectivity index (χ2v) is 6.47. The van der Waals surface area contributed by atoms with Crippen LogP contribution in [0.3, 0.4) is 0 Å². The van der Waals surface area contributed by atoms with Gasteiger partial charge in [-0.05, 0) is 49.2 Å². The molecule has 0 N–H and O–H groups in total. The van der Waals surface area contributed by atoms with Crippen LogP contribution in [-0.2, 0) is 4.74 Å². The minimum Gasteiger partial charge on any atom is -0.465 e. The zero-order valence-corrected chi connectivity index (χ0v) is 15.8. The Hall–Kier alpha value is -2.79. The number of nitrogens with zero attached hydrogens (tertiary/aromatic N) is 2. The van der Waals surface area contributed by atoms with Gasteiger partial charge in [-0.1, -0.05) is 35.0 Å². The van der Waals surface area contributed by atoms with Gasteiger partial charge in [0.05, 0.1) is 7.11 Å². The molecular formula is C20H19ClN2O3. The smallest absolute Gasteiger partial charge is 0.345 e. The fraction of sp³-hybridized carbons (Fsp3) is 0.200. The lowest BCUT2D eigenvalue weighted by Crippen LogP contribution is -2.14. The number of benzene rings is 2. The van der Waals surface area contributed by atoms with Gasteiger partial charge in [0.15, 0.2) is 5.56 Å². The standard InChI is InChI=1S/C20H19ClN2O3/c1-12-5-10-16(11-13(12)2)23(3)19-17(20(24)25-4)18(22-26-19)14-6-8-15(21)9-7-14/h5-11H,1-4H3. The minimum absolute atomic E-state index is 0.274. The average molecular weight is 371 g/mol. The number of anilines is 2. The van der Waals surface area contributed by atoms with Crippen LogP contribution in [-0.4, -0.2) is 25.3 Å². The lowest BCUT2D eigenvalue weighted by atomic mass is 10.1. The first kappa shape index (κ1) is 18.0. The summed E-state index contributed by atoms with van der Waals surface area (Å²) in [5.74, 6) is -0.188. The molecular weight excluding hydrogens is 352 g/mol. The van der Waals surface area contributed by atoms with Gasteiger partial charge in [0.25, 0.3) is 0 Å². The van der Waals surface area contributed by atoms with Gasteiger partial charge in [-0.25, -0.2) is 4.79 Å². The SMILES string of the molecule is COC(=O)c1c(-c2ccc(Cl)cc2)noc1N(C)c1ccc(C)c(C)c1. The summed E-state index contributed by atoms with van der Waals surface area (Å²) < 4.78 is 10.5. The van der Waals surface area contributed by atoms with Gasteiger partial charge in [-0.3, -0.25) is 0 Å². The Kier molecular flexibility index (Phi) is 5.00. The Labute approximate surface area is 157 Å². The highest BCUT2D eigenvalue weighted by molar-refractivity contribution is 6.30. The predicted octanol–water partition coefficient (Wildman–Crippen LogP) is 5.17. The van der Waals surface area contributed by atoms with Crippen molar-refractivity contribution in [3.8, 4) is 11.3 Å². The van der Waals surface area contributed by atoms with E-state index in [0.717, 1.165) is 16.8 Å². The van der Waals surface area contributed by atoms with Gasteiger partial charge >= 0.3 is 5.97 Å². The summed E-state index contributed by atoms with van der Waals surface area (Å²) in [7, 11) is 3.16. The number of aryl methyl sites for hydroxylation is 2. The van der Waals surface area contributed by atoms with Crippen molar-refractivity contribution in [2.24, 2.45) is 0 Å². The quantitative estimate of drug-likeness (QED) is 0.593. The van der Waals surface area contributed by atoms with Crippen molar-refractivity contribution in [2.45, 2.75) is 13.8 Å². The molecule has 26 heavy (non-hydrogen) atoms. The van der Waals surface area contributed by atoms with Crippen LogP contribution >= 0.6 is 11.6 Å². The number of carbonyl (C=O) groups is 1. The van der Waals surface area contributed by atoms with Crippen molar-refractivity contribution in [2.75, 3.05) is 19.1 Å². The number of methoxy groups -OCH3 is 1. The number of rotatable bonds is 4. The molecule has 1 heterocycles. The third-order valence-corrected chi connectivity index (χ3v) is 4.62. The minimum atomic E-state index is -0.512. The molecule has 0 saturated carbocycles. The highest BCUT2D eigenvalue weighted by atomic mass is 35.5. The van der Waals surface area contributed by atoms with Crippen LogP contribution in [0.4, 0.5) is 11.6 Å². The number of hydrogen-bond acceptors (Lipinski definition) is 5. The first-order chi connectivity index (χ1) is 12.4. The Morgan fingerprint density at radius 2 is 1.81 bits per heavy atom. The normalized spacial score (nSPS) is 10.7. The lowest BCUT2D eigenvalue weighted by Gasteiger charge is -2.18. The van der Waals surface area contributed by atoms with Crippen molar-refractivity contribution in [1.29, 1.82) is 0 Å². The molecule has 0 amide bonds. The topological polar surface area (TPSA) is 55.6 Å². The van der Waals surface area contributed by atoms with Crippen molar-refractivity contribution in [3.05, 3.63) is 64.2 Å². The zero-order valence-electron chi connectivity index (χ0n) is 15.0. The molecule has 5 nitrogen and oxygen atoms in total. The van der Waals surface area contributed by atoms with Gasteiger partial charge in [0.1, 0.15) is 5.69 Å². The molecule has 0 fully saturated rings. The third-order valence-electron chi connectivity index (χ3n) is 4.36. The summed E-state index contributed by atoms with van der Waals surface area (Å²) in [6.45, 7) is 4.08. The Bertz CT molecular complexity index is 948. The van der Waals surface area contributed by atoms with E-state index in [2.05, 4.69) is 5.16 Å². The Morgan fingerprint density at radius 3 is 2.42 bits per heavy atom. The number of ether oxygens (including phenoxy) is 1. The molecule has 0 saturated heterocycles. The van der Waals surface area contributed by atoms with Gasteiger partial charge in [-0.15, -0.1) is 0 Å². The largest absolute Gasteiger partial charge is 0.465 e. The second-order valence-electron chi connectivity index (χ2n) is 6.04. The number of carbonyl (C=O) groups excluding carboxylic acids is 1. The van der Waals surface area contributed by atoms with Gasteiger partial charge in [0, 0.05) is 23.3 Å². The van der Waals surface area contributed by atoms with Crippen molar-refractivity contribution in [1.82, 2.24) is 5.16 Å². The molecule has 0 unspecified atom stereocenters. The summed E-state index contributed by atoms with van der Waals surface area (Å²) in [6, 6.07) is 13.1. The summed E-state index contributed by atoms with van der Waals surface area (Å²) in [5.41, 5.74) is 4.63. The molecule has 3 rings (SSSR count). The maximum Gasteiger partial charge on any atom is 0.345 e. The average Bonchev–Trinajstić information content (AvgIpc) is 3.08. The van der Waals surface area contributed by atoms with Crippen molar-refractivity contribution < 1.29 is 14.1 Å². The lowest BCUT2D eigenvalue weighted by molar-refractivity contribution is 0.0602. The van der Waals surface area contributed by atoms with E-state index < -0.39 is 5.97 Å². The molecule has 0 aliphatic heterocycles. The summed E-state index contributed by atoms with van der Waals surface area (Å²) in [5, 5.41) is 4.71. The predicted molar refractivity (Wildman–Crippen MR) is 102 cm³/mol. The van der Waals surface area contributed by atoms with Gasteiger partial charge < -0.3 is 14.2 Å². The van der Waals surface area contributed by atoms with E-state index in [1.54, 1.807) is 29.2 Å². The summed E-state index contributed by atoms with van der Waals surface area (Å²) in [4.78, 5) is 14.2. The van der Waals surface area contributed by atoms with E-state index in [9.17, 15) is 4.79 Å². The molecule has 0 spiro atoms. The van der Waals surface area contributed by atoms with Gasteiger partial charge in [-0.2, -0.15) is 0 Å². The summed E-state index contributed by atoms with van der Waals surface area (Å²) in [6.07, 6.45) is 0. The van der Waals surface area contributed by atoms with E-state index in [1.165, 1.54) is 12.7 Å². The van der Waals surface area contributed by atoms with Crippen LogP contribution in [0.2, 0.25) is 5.02 Å². The van der Waals surface area contributed by atoms with Crippen LogP contribution < -0.4 is 4.90 Å². The van der Waals surface area contributed by atoms with Crippen LogP contribution in [0.5, 0.6) is 0 Å². The second kappa shape index (κ2) is 7.22. The van der Waals surface area contributed by atoms with Crippen LogP contribution in [0, 0.1) is 13.8 Å². The molecule has 6 heteroatoms. The Balaban J connectivity index is 2.10. The molecule has 0 bridgehead atoms. The molecule has 134 valence electrons. The van der Waals surface area contributed by atoms with E-state index in [-0.39, 0.29) is 5.56 Å². The first-order valence-electron chi connectivity index (χ1n) is 8.07. The monoisotopic (exact) mass is 370 g/mol. The zero-order chi connectivity index (χ0) is 18.8. The number of aromatic nitrogens is 1. The van der Waals surface area contributed by atoms with E-state index in [0.29, 0.717) is 16.6 Å². The fourth-order valence-electron chi connectivity index (χ4n) is 2.65. The molecule has 0 aliphatic carbocycles. The first-order valence-corrected chi connectivity index (χ1v) is 8.45. The molecule has 1 aromatic heterocycles. The molecule has 2 aromatic carbocycles. The highest BCUT2D eigenvalue weighted by Crippen LogP contribution is 2.35. The summed E-state index contributed by atoms with van der Waals surface area (Å²) >= 11 is 5.95. The molecule has 0 radical (unpaired) electrons. The molecule has 3 aromatic rings. The third kappa shape index (κ3) is 3.30. The fourth-order valence-corrected chi connectivity index (χ4v) is 2.78. The maximum atomic E-state index is 12.4. The number of halogens is 1. The van der Waals surface area contributed by atoms with Crippen molar-refractivity contribution in [3.63, 3.8) is 0 Å². The van der Waals surface area contributed by atoms with E-state index >= 15 is 0 Å². The highest BCUT2D eigenvalue weighted by Gasteiger charge is 2.28. The van der Waals surface area contributed by atoms with Crippen molar-refractivity contribution >= 4 is 29.1 Å². The van der Waals surface area contributed by atoms with Crippen LogP contribution in [0.1, 0.15) is 21.5 Å². The molecule has 0 atom stereocenters. The van der Waals surface area contributed by atoms with E-state index in [4.69, 9.17) is 20.9 Å². The number of esters is 1. The van der Waals surface area contributed by atoms with Crippen LogP contribution in [0.15, 0.2) is 47.0 Å². The van der Waals surface area contributed by atoms with E-state index in [1.807, 2.05) is 39.1 Å². The Morgan fingerprint density at radius 1 is 1.12 bits per heavy atom. The van der Waals surface area contributed by atoms with Gasteiger partial charge in [0.2, 0.25) is 5.88 Å². The number of hydrogen-bond donors (Lipinski definition) is 0. The molecule has 0 aliphatic rings.